The third-order valence-corrected chi connectivity index (χ3v) is 4.40. The van der Waals surface area contributed by atoms with Gasteiger partial charge in [0.2, 0.25) is 0 Å². The normalized spacial score (nSPS) is 23.3. The lowest BCUT2D eigenvalue weighted by Crippen LogP contribution is -2.30. The molecule has 0 saturated carbocycles. The van der Waals surface area contributed by atoms with Gasteiger partial charge in [-0.15, -0.1) is 0 Å². The van der Waals surface area contributed by atoms with E-state index in [2.05, 4.69) is 22.9 Å². The molecule has 22 heavy (non-hydrogen) atoms. The van der Waals surface area contributed by atoms with E-state index in [0.29, 0.717) is 0 Å². The Labute approximate surface area is 138 Å². The van der Waals surface area contributed by atoms with Gasteiger partial charge in [0.1, 0.15) is 18.0 Å². The molecule has 2 aromatic carbocycles. The van der Waals surface area contributed by atoms with Crippen LogP contribution in [0.4, 0.5) is 0 Å². The van der Waals surface area contributed by atoms with Crippen molar-refractivity contribution in [3.05, 3.63) is 64.1 Å². The summed E-state index contributed by atoms with van der Waals surface area (Å²) in [5.41, 5.74) is 1.99. The molecule has 0 amide bonds. The molecule has 4 heteroatoms. The number of esters is 1. The molecule has 114 valence electrons. The molecule has 0 saturated heterocycles. The Bertz CT molecular complexity index is 684. The van der Waals surface area contributed by atoms with E-state index in [4.69, 9.17) is 9.47 Å². The molecule has 3 rings (SSSR count). The average molecular weight is 361 g/mol. The summed E-state index contributed by atoms with van der Waals surface area (Å²) < 4.78 is 12.7. The van der Waals surface area contributed by atoms with Crippen molar-refractivity contribution in [3.63, 3.8) is 0 Å². The molecule has 1 aliphatic rings. The van der Waals surface area contributed by atoms with Crippen molar-refractivity contribution in [2.75, 3.05) is 0 Å². The number of benzene rings is 2. The van der Waals surface area contributed by atoms with Crippen LogP contribution in [0, 0.1) is 5.92 Å². The predicted molar refractivity (Wildman–Crippen MR) is 87.6 cm³/mol. The summed E-state index contributed by atoms with van der Waals surface area (Å²) in [7, 11) is 0. The number of carbonyl (C=O) groups is 1. The highest BCUT2D eigenvalue weighted by molar-refractivity contribution is 9.10. The van der Waals surface area contributed by atoms with Gasteiger partial charge in [0, 0.05) is 22.9 Å². The van der Waals surface area contributed by atoms with Gasteiger partial charge in [0.05, 0.1) is 0 Å². The van der Waals surface area contributed by atoms with Crippen LogP contribution < -0.4 is 4.74 Å². The van der Waals surface area contributed by atoms with Gasteiger partial charge < -0.3 is 9.47 Å². The van der Waals surface area contributed by atoms with Gasteiger partial charge in [0.15, 0.2) is 0 Å². The maximum atomic E-state index is 11.5. The molecule has 0 aliphatic carbocycles. The van der Waals surface area contributed by atoms with Gasteiger partial charge >= 0.3 is 5.97 Å². The second kappa shape index (κ2) is 6.13. The predicted octanol–water partition coefficient (Wildman–Crippen LogP) is 4.82. The Kier molecular flexibility index (Phi) is 4.21. The fourth-order valence-electron chi connectivity index (χ4n) is 2.90. The first-order valence-electron chi connectivity index (χ1n) is 7.24. The highest BCUT2D eigenvalue weighted by Crippen LogP contribution is 2.47. The minimum atomic E-state index is -0.316. The zero-order valence-corrected chi connectivity index (χ0v) is 14.0. The summed E-state index contributed by atoms with van der Waals surface area (Å²) in [5, 5.41) is 0. The van der Waals surface area contributed by atoms with E-state index in [1.54, 1.807) is 0 Å². The van der Waals surface area contributed by atoms with Gasteiger partial charge in [-0.05, 0) is 23.8 Å². The van der Waals surface area contributed by atoms with E-state index in [1.807, 2.05) is 48.5 Å². The lowest BCUT2D eigenvalue weighted by Gasteiger charge is -2.37. The van der Waals surface area contributed by atoms with E-state index in [1.165, 1.54) is 6.92 Å². The standard InChI is InChI=1S/C18H17BrO3/c1-11-17(13-6-4-3-5-7-13)22-16-9-8-14(19)10-15(16)18(11)21-12(2)20/h3-11,17-18H,1-2H3/t11-,17-,18+/m1/s1. The van der Waals surface area contributed by atoms with Gasteiger partial charge in [-0.2, -0.15) is 0 Å². The summed E-state index contributed by atoms with van der Waals surface area (Å²) in [6, 6.07) is 15.8. The van der Waals surface area contributed by atoms with Crippen LogP contribution in [-0.2, 0) is 9.53 Å². The van der Waals surface area contributed by atoms with Crippen LogP contribution in [0.3, 0.4) is 0 Å². The van der Waals surface area contributed by atoms with Crippen molar-refractivity contribution in [2.45, 2.75) is 26.1 Å². The zero-order valence-electron chi connectivity index (χ0n) is 12.5. The van der Waals surface area contributed by atoms with E-state index < -0.39 is 0 Å². The van der Waals surface area contributed by atoms with Gasteiger partial charge in [-0.25, -0.2) is 0 Å². The second-order valence-corrected chi connectivity index (χ2v) is 6.44. The van der Waals surface area contributed by atoms with Crippen LogP contribution in [0.1, 0.15) is 37.2 Å². The molecule has 2 aromatic rings. The van der Waals surface area contributed by atoms with Crippen LogP contribution in [-0.4, -0.2) is 5.97 Å². The summed E-state index contributed by atoms with van der Waals surface area (Å²) in [6.07, 6.45) is -0.455. The number of hydrogen-bond donors (Lipinski definition) is 0. The molecule has 0 spiro atoms. The summed E-state index contributed by atoms with van der Waals surface area (Å²) in [4.78, 5) is 11.5. The fourth-order valence-corrected chi connectivity index (χ4v) is 3.28. The van der Waals surface area contributed by atoms with Crippen LogP contribution in [0.25, 0.3) is 0 Å². The number of halogens is 1. The largest absolute Gasteiger partial charge is 0.485 e. The van der Waals surface area contributed by atoms with Crippen molar-refractivity contribution in [3.8, 4) is 5.75 Å². The molecule has 0 N–H and O–H groups in total. The summed E-state index contributed by atoms with van der Waals surface area (Å²) in [5.74, 6) is 0.506. The lowest BCUT2D eigenvalue weighted by atomic mass is 9.85. The third kappa shape index (κ3) is 2.88. The second-order valence-electron chi connectivity index (χ2n) is 5.52. The van der Waals surface area contributed by atoms with Crippen LogP contribution >= 0.6 is 15.9 Å². The summed E-state index contributed by atoms with van der Waals surface area (Å²) in [6.45, 7) is 3.49. The molecule has 0 bridgehead atoms. The highest BCUT2D eigenvalue weighted by atomic mass is 79.9. The SMILES string of the molecule is CC(=O)O[C@@H]1c2cc(Br)ccc2O[C@@H](c2ccccc2)[C@H]1C. The molecule has 0 fully saturated rings. The highest BCUT2D eigenvalue weighted by Gasteiger charge is 2.38. The van der Waals surface area contributed by atoms with Crippen molar-refractivity contribution in [2.24, 2.45) is 5.92 Å². The first kappa shape index (κ1) is 15.1. The molecular formula is C18H17BrO3. The molecule has 0 radical (unpaired) electrons. The molecule has 1 heterocycles. The molecule has 1 aliphatic heterocycles. The first-order chi connectivity index (χ1) is 10.6. The Morgan fingerprint density at radius 2 is 1.91 bits per heavy atom. The van der Waals surface area contributed by atoms with Crippen molar-refractivity contribution >= 4 is 21.9 Å². The van der Waals surface area contributed by atoms with Crippen molar-refractivity contribution in [1.82, 2.24) is 0 Å². The Morgan fingerprint density at radius 3 is 2.59 bits per heavy atom. The molecular weight excluding hydrogens is 344 g/mol. The van der Waals surface area contributed by atoms with Gasteiger partial charge in [-0.3, -0.25) is 4.79 Å². The number of carbonyl (C=O) groups excluding carboxylic acids is 1. The van der Waals surface area contributed by atoms with Gasteiger partial charge in [0.25, 0.3) is 0 Å². The lowest BCUT2D eigenvalue weighted by molar-refractivity contribution is -0.153. The number of ether oxygens (including phenoxy) is 2. The smallest absolute Gasteiger partial charge is 0.303 e. The van der Waals surface area contributed by atoms with Crippen LogP contribution in [0.15, 0.2) is 53.0 Å². The van der Waals surface area contributed by atoms with Gasteiger partial charge in [-0.1, -0.05) is 53.2 Å². The van der Waals surface area contributed by atoms with Crippen molar-refractivity contribution < 1.29 is 14.3 Å². The zero-order chi connectivity index (χ0) is 15.7. The van der Waals surface area contributed by atoms with E-state index in [-0.39, 0.29) is 24.1 Å². The Hall–Kier alpha value is -1.81. The van der Waals surface area contributed by atoms with E-state index >= 15 is 0 Å². The fraction of sp³-hybridized carbons (Fsp3) is 0.278. The van der Waals surface area contributed by atoms with Crippen molar-refractivity contribution in [1.29, 1.82) is 0 Å². The Morgan fingerprint density at radius 1 is 1.18 bits per heavy atom. The third-order valence-electron chi connectivity index (χ3n) is 3.91. The monoisotopic (exact) mass is 360 g/mol. The van der Waals surface area contributed by atoms with Crippen LogP contribution in [0.2, 0.25) is 0 Å². The number of rotatable bonds is 2. The maximum Gasteiger partial charge on any atom is 0.303 e. The molecule has 3 atom stereocenters. The van der Waals surface area contributed by atoms with Crippen LogP contribution in [0.5, 0.6) is 5.75 Å². The molecule has 3 nitrogen and oxygen atoms in total. The molecule has 0 unspecified atom stereocenters. The first-order valence-corrected chi connectivity index (χ1v) is 8.04. The number of hydrogen-bond acceptors (Lipinski definition) is 3. The number of fused-ring (bicyclic) bond motifs is 1. The average Bonchev–Trinajstić information content (AvgIpc) is 2.51. The molecule has 0 aromatic heterocycles. The maximum absolute atomic E-state index is 11.5. The quantitative estimate of drug-likeness (QED) is 0.720. The Balaban J connectivity index is 2.04. The minimum absolute atomic E-state index is 0.0214. The topological polar surface area (TPSA) is 35.5 Å². The summed E-state index contributed by atoms with van der Waals surface area (Å²) >= 11 is 3.47. The van der Waals surface area contributed by atoms with E-state index in [0.717, 1.165) is 21.3 Å². The van der Waals surface area contributed by atoms with E-state index in [9.17, 15) is 4.79 Å². The minimum Gasteiger partial charge on any atom is -0.485 e.